The molecule has 0 spiro atoms. The summed E-state index contributed by atoms with van der Waals surface area (Å²) in [6.45, 7) is 3.09. The lowest BCUT2D eigenvalue weighted by Crippen LogP contribution is -2.44. The van der Waals surface area contributed by atoms with Crippen LogP contribution in [-0.2, 0) is 16.3 Å². The van der Waals surface area contributed by atoms with Crippen LogP contribution in [0.5, 0.6) is 5.75 Å². The highest BCUT2D eigenvalue weighted by atomic mass is 35.5. The molecule has 1 aromatic heterocycles. The summed E-state index contributed by atoms with van der Waals surface area (Å²) in [4.78, 5) is 6.91. The molecule has 1 atom stereocenters. The van der Waals surface area contributed by atoms with Gasteiger partial charge in [-0.25, -0.2) is 8.42 Å². The van der Waals surface area contributed by atoms with Crippen molar-refractivity contribution in [2.75, 3.05) is 39.5 Å². The minimum atomic E-state index is -3.19. The largest absolute Gasteiger partial charge is 0.493 e. The van der Waals surface area contributed by atoms with Crippen LogP contribution < -0.4 is 10.1 Å². The van der Waals surface area contributed by atoms with E-state index in [2.05, 4.69) is 20.4 Å². The maximum Gasteiger partial charge on any atom is 0.230 e. The number of nitrogens with zero attached hydrogens (tertiary/aromatic N) is 3. The summed E-state index contributed by atoms with van der Waals surface area (Å²) in [5.41, 5.74) is 0. The highest BCUT2D eigenvalue weighted by Gasteiger charge is 2.25. The predicted molar refractivity (Wildman–Crippen MR) is 98.5 cm³/mol. The molecule has 0 saturated carbocycles. The topological polar surface area (TPSA) is 97.6 Å². The highest BCUT2D eigenvalue weighted by Crippen LogP contribution is 2.18. The first-order valence-corrected chi connectivity index (χ1v) is 9.99. The minimum absolute atomic E-state index is 0. The fourth-order valence-corrected chi connectivity index (χ4v) is 3.27. The zero-order chi connectivity index (χ0) is 17.9. The van der Waals surface area contributed by atoms with Crippen LogP contribution in [0.2, 0.25) is 0 Å². The first-order chi connectivity index (χ1) is 11.9. The first kappa shape index (κ1) is 20.6. The molecule has 0 amide bonds. The fraction of sp³-hybridized carbons (Fsp3) is 0.500. The molecule has 1 aromatic carbocycles. The van der Waals surface area contributed by atoms with Crippen molar-refractivity contribution in [2.45, 2.75) is 17.4 Å². The average molecular weight is 403 g/mol. The molecule has 2 aromatic rings. The molecule has 1 N–H and O–H groups in total. The molecule has 8 nitrogen and oxygen atoms in total. The van der Waals surface area contributed by atoms with Crippen molar-refractivity contribution in [3.05, 3.63) is 36.0 Å². The van der Waals surface area contributed by atoms with Crippen molar-refractivity contribution in [3.8, 4) is 5.75 Å². The van der Waals surface area contributed by atoms with E-state index in [9.17, 15) is 8.42 Å². The monoisotopic (exact) mass is 402 g/mol. The molecule has 1 aliphatic heterocycles. The van der Waals surface area contributed by atoms with Crippen molar-refractivity contribution >= 4 is 22.2 Å². The van der Waals surface area contributed by atoms with Gasteiger partial charge in [0.15, 0.2) is 15.7 Å². The Morgan fingerprint density at radius 3 is 2.73 bits per heavy atom. The number of halogens is 1. The van der Waals surface area contributed by atoms with Gasteiger partial charge in [-0.1, -0.05) is 5.16 Å². The molecular weight excluding hydrogens is 380 g/mol. The maximum atomic E-state index is 11.4. The van der Waals surface area contributed by atoms with E-state index in [-0.39, 0.29) is 23.3 Å². The van der Waals surface area contributed by atoms with Crippen molar-refractivity contribution in [3.63, 3.8) is 0 Å². The number of piperazine rings is 1. The second kappa shape index (κ2) is 8.81. The maximum absolute atomic E-state index is 11.4. The molecule has 26 heavy (non-hydrogen) atoms. The fourth-order valence-electron chi connectivity index (χ4n) is 2.64. The molecule has 1 fully saturated rings. The van der Waals surface area contributed by atoms with E-state index in [1.54, 1.807) is 12.1 Å². The van der Waals surface area contributed by atoms with Crippen molar-refractivity contribution in [1.29, 1.82) is 0 Å². The summed E-state index contributed by atoms with van der Waals surface area (Å²) in [6.07, 6.45) is 1.67. The number of hydrogen-bond acceptors (Lipinski definition) is 8. The van der Waals surface area contributed by atoms with E-state index in [1.807, 2.05) is 7.05 Å². The molecule has 0 aliphatic carbocycles. The van der Waals surface area contributed by atoms with Crippen LogP contribution in [-0.4, -0.2) is 63.0 Å². The smallest absolute Gasteiger partial charge is 0.230 e. The van der Waals surface area contributed by atoms with Gasteiger partial charge in [0.25, 0.3) is 0 Å². The Bertz CT molecular complexity index is 810. The van der Waals surface area contributed by atoms with Gasteiger partial charge in [0.1, 0.15) is 5.75 Å². The molecule has 2 heterocycles. The zero-order valence-electron chi connectivity index (χ0n) is 14.7. The van der Waals surface area contributed by atoms with E-state index >= 15 is 0 Å². The molecule has 3 rings (SSSR count). The van der Waals surface area contributed by atoms with Crippen molar-refractivity contribution < 1.29 is 17.7 Å². The number of ether oxygens (including phenoxy) is 1. The Morgan fingerprint density at radius 1 is 1.35 bits per heavy atom. The SMILES string of the molecule is CN1CCNCC1c1noc(CCOc2ccc(S(C)(=O)=O)cc2)n1.Cl. The number of rotatable bonds is 6. The Morgan fingerprint density at radius 2 is 2.08 bits per heavy atom. The van der Waals surface area contributed by atoms with E-state index in [4.69, 9.17) is 9.26 Å². The summed E-state index contributed by atoms with van der Waals surface area (Å²) in [7, 11) is -1.15. The summed E-state index contributed by atoms with van der Waals surface area (Å²) in [6, 6.07) is 6.45. The van der Waals surface area contributed by atoms with Gasteiger partial charge in [-0.3, -0.25) is 4.90 Å². The van der Waals surface area contributed by atoms with E-state index < -0.39 is 9.84 Å². The Kier molecular flexibility index (Phi) is 6.99. The molecule has 10 heteroatoms. The third-order valence-electron chi connectivity index (χ3n) is 4.13. The van der Waals surface area contributed by atoms with Gasteiger partial charge < -0.3 is 14.6 Å². The first-order valence-electron chi connectivity index (χ1n) is 8.10. The Balaban J connectivity index is 0.00000243. The van der Waals surface area contributed by atoms with Gasteiger partial charge in [-0.15, -0.1) is 12.4 Å². The number of sulfone groups is 1. The Hall–Kier alpha value is -1.68. The molecule has 1 saturated heterocycles. The third-order valence-corrected chi connectivity index (χ3v) is 5.26. The van der Waals surface area contributed by atoms with Crippen LogP contribution in [0.3, 0.4) is 0 Å². The van der Waals surface area contributed by atoms with E-state index in [1.165, 1.54) is 18.4 Å². The van der Waals surface area contributed by atoms with E-state index in [0.717, 1.165) is 19.6 Å². The average Bonchev–Trinajstić information content (AvgIpc) is 3.03. The van der Waals surface area contributed by atoms with Crippen LogP contribution in [0, 0.1) is 0 Å². The molecule has 0 bridgehead atoms. The lowest BCUT2D eigenvalue weighted by Gasteiger charge is -2.30. The van der Waals surface area contributed by atoms with Gasteiger partial charge in [-0.05, 0) is 31.3 Å². The van der Waals surface area contributed by atoms with Crippen LogP contribution in [0.15, 0.2) is 33.7 Å². The van der Waals surface area contributed by atoms with Gasteiger partial charge in [0.2, 0.25) is 5.89 Å². The third kappa shape index (κ3) is 5.16. The summed E-state index contributed by atoms with van der Waals surface area (Å²) >= 11 is 0. The molecule has 1 unspecified atom stereocenters. The Labute approximate surface area is 159 Å². The standard InChI is InChI=1S/C16H22N4O4S.ClH/c1-20-9-8-17-11-14(20)16-18-15(24-19-16)7-10-23-12-3-5-13(6-4-12)25(2,21)22;/h3-6,14,17H,7-11H2,1-2H3;1H. The second-order valence-electron chi connectivity index (χ2n) is 6.09. The van der Waals surface area contributed by atoms with Crippen LogP contribution >= 0.6 is 12.4 Å². The summed E-state index contributed by atoms with van der Waals surface area (Å²) < 4.78 is 33.7. The van der Waals surface area contributed by atoms with Crippen LogP contribution in [0.25, 0.3) is 0 Å². The van der Waals surface area contributed by atoms with E-state index in [0.29, 0.717) is 30.5 Å². The van der Waals surface area contributed by atoms with Crippen molar-refractivity contribution in [1.82, 2.24) is 20.4 Å². The highest BCUT2D eigenvalue weighted by molar-refractivity contribution is 7.90. The number of nitrogens with one attached hydrogen (secondary N) is 1. The van der Waals surface area contributed by atoms with Gasteiger partial charge >= 0.3 is 0 Å². The lowest BCUT2D eigenvalue weighted by molar-refractivity contribution is 0.190. The van der Waals surface area contributed by atoms with Gasteiger partial charge in [0, 0.05) is 25.9 Å². The summed E-state index contributed by atoms with van der Waals surface area (Å²) in [5, 5.41) is 7.39. The summed E-state index contributed by atoms with van der Waals surface area (Å²) in [5.74, 6) is 1.81. The van der Waals surface area contributed by atoms with Gasteiger partial charge in [-0.2, -0.15) is 4.98 Å². The number of aromatic nitrogens is 2. The number of benzene rings is 1. The quantitative estimate of drug-likeness (QED) is 0.766. The number of likely N-dealkylation sites (N-methyl/N-ethyl adjacent to an activating group) is 1. The van der Waals surface area contributed by atoms with Crippen LogP contribution in [0.1, 0.15) is 17.8 Å². The minimum Gasteiger partial charge on any atom is -0.493 e. The molecular formula is C16H23ClN4O4S. The molecule has 144 valence electrons. The normalized spacial score (nSPS) is 18.3. The predicted octanol–water partition coefficient (Wildman–Crippen LogP) is 1.09. The zero-order valence-corrected chi connectivity index (χ0v) is 16.3. The number of hydrogen-bond donors (Lipinski definition) is 1. The van der Waals surface area contributed by atoms with Gasteiger partial charge in [0.05, 0.1) is 24.0 Å². The molecule has 1 aliphatic rings. The second-order valence-corrected chi connectivity index (χ2v) is 8.10. The lowest BCUT2D eigenvalue weighted by atomic mass is 10.2. The molecule has 0 radical (unpaired) electrons. The van der Waals surface area contributed by atoms with Crippen LogP contribution in [0.4, 0.5) is 0 Å². The van der Waals surface area contributed by atoms with Crippen molar-refractivity contribution in [2.24, 2.45) is 0 Å².